The monoisotopic (exact) mass is 263 g/mol. The van der Waals surface area contributed by atoms with Gasteiger partial charge >= 0.3 is 11.8 Å². The fourth-order valence-electron chi connectivity index (χ4n) is 1.85. The molecule has 0 saturated carbocycles. The molecular formula is C13H14FN3O2. The van der Waals surface area contributed by atoms with Crippen molar-refractivity contribution in [1.29, 1.82) is 0 Å². The van der Waals surface area contributed by atoms with Crippen LogP contribution in [0.1, 0.15) is 18.4 Å². The molecule has 1 aromatic rings. The zero-order valence-electron chi connectivity index (χ0n) is 10.3. The summed E-state index contributed by atoms with van der Waals surface area (Å²) in [6.07, 6.45) is 3.00. The quantitative estimate of drug-likeness (QED) is 0.489. The Balaban J connectivity index is 1.89. The molecule has 0 aliphatic carbocycles. The molecule has 0 unspecified atom stereocenters. The minimum atomic E-state index is -0.797. The Morgan fingerprint density at radius 1 is 1.26 bits per heavy atom. The molecule has 19 heavy (non-hydrogen) atoms. The number of halogens is 1. The van der Waals surface area contributed by atoms with E-state index >= 15 is 0 Å². The molecular weight excluding hydrogens is 249 g/mol. The molecule has 1 saturated heterocycles. The normalized spacial score (nSPS) is 14.9. The van der Waals surface area contributed by atoms with Crippen molar-refractivity contribution in [2.24, 2.45) is 5.10 Å². The lowest BCUT2D eigenvalue weighted by Gasteiger charge is -2.12. The van der Waals surface area contributed by atoms with Crippen LogP contribution in [0.3, 0.4) is 0 Å². The van der Waals surface area contributed by atoms with Crippen LogP contribution in [0.4, 0.5) is 4.39 Å². The summed E-state index contributed by atoms with van der Waals surface area (Å²) in [7, 11) is 0. The van der Waals surface area contributed by atoms with Gasteiger partial charge in [-0.1, -0.05) is 18.2 Å². The molecule has 1 aromatic carbocycles. The summed E-state index contributed by atoms with van der Waals surface area (Å²) in [5.41, 5.74) is 2.35. The predicted molar refractivity (Wildman–Crippen MR) is 68.0 cm³/mol. The molecule has 0 aromatic heterocycles. The number of rotatable bonds is 2. The van der Waals surface area contributed by atoms with E-state index in [1.807, 2.05) is 0 Å². The van der Waals surface area contributed by atoms with Crippen molar-refractivity contribution >= 4 is 18.0 Å². The molecule has 0 bridgehead atoms. The molecule has 2 amide bonds. The molecule has 1 fully saturated rings. The van der Waals surface area contributed by atoms with Gasteiger partial charge in [0, 0.05) is 18.7 Å². The average Bonchev–Trinajstić information content (AvgIpc) is 2.94. The van der Waals surface area contributed by atoms with E-state index in [0.717, 1.165) is 12.8 Å². The second-order valence-electron chi connectivity index (χ2n) is 4.22. The van der Waals surface area contributed by atoms with E-state index in [9.17, 15) is 14.0 Å². The minimum absolute atomic E-state index is 0.247. The number of likely N-dealkylation sites (tertiary alicyclic amines) is 1. The van der Waals surface area contributed by atoms with Gasteiger partial charge in [-0.25, -0.2) is 9.82 Å². The number of nitrogens with zero attached hydrogens (tertiary/aromatic N) is 2. The smallest absolute Gasteiger partial charge is 0.329 e. The molecule has 1 heterocycles. The number of benzene rings is 1. The third kappa shape index (κ3) is 3.37. The number of carbonyl (C=O) groups is 2. The lowest BCUT2D eigenvalue weighted by Crippen LogP contribution is -2.39. The molecule has 1 aliphatic rings. The lowest BCUT2D eigenvalue weighted by molar-refractivity contribution is -0.145. The molecule has 1 N–H and O–H groups in total. The Morgan fingerprint density at radius 2 is 1.95 bits per heavy atom. The third-order valence-electron chi connectivity index (χ3n) is 2.86. The zero-order valence-corrected chi connectivity index (χ0v) is 10.3. The van der Waals surface area contributed by atoms with E-state index in [-0.39, 0.29) is 5.56 Å². The van der Waals surface area contributed by atoms with Crippen LogP contribution in [0.2, 0.25) is 0 Å². The van der Waals surface area contributed by atoms with Crippen LogP contribution in [-0.4, -0.2) is 36.0 Å². The fourth-order valence-corrected chi connectivity index (χ4v) is 1.85. The molecule has 0 atom stereocenters. The van der Waals surface area contributed by atoms with Gasteiger partial charge < -0.3 is 4.90 Å². The summed E-state index contributed by atoms with van der Waals surface area (Å²) in [4.78, 5) is 24.6. The van der Waals surface area contributed by atoms with Crippen LogP contribution in [-0.2, 0) is 9.59 Å². The van der Waals surface area contributed by atoms with Crippen LogP contribution < -0.4 is 5.43 Å². The molecule has 0 radical (unpaired) electrons. The van der Waals surface area contributed by atoms with Gasteiger partial charge in [-0.15, -0.1) is 0 Å². The van der Waals surface area contributed by atoms with Crippen molar-refractivity contribution in [2.45, 2.75) is 12.8 Å². The Labute approximate surface area is 110 Å². The Hall–Kier alpha value is -2.24. The minimum Gasteiger partial charge on any atom is -0.334 e. The van der Waals surface area contributed by atoms with Crippen molar-refractivity contribution in [2.75, 3.05) is 13.1 Å². The number of amides is 2. The lowest BCUT2D eigenvalue weighted by atomic mass is 10.2. The predicted octanol–water partition coefficient (Wildman–Crippen LogP) is 0.898. The highest BCUT2D eigenvalue weighted by atomic mass is 19.1. The van der Waals surface area contributed by atoms with Crippen LogP contribution in [0.5, 0.6) is 0 Å². The van der Waals surface area contributed by atoms with E-state index in [0.29, 0.717) is 13.1 Å². The first kappa shape index (κ1) is 13.2. The van der Waals surface area contributed by atoms with E-state index in [4.69, 9.17) is 0 Å². The summed E-state index contributed by atoms with van der Waals surface area (Å²) < 4.78 is 13.2. The van der Waals surface area contributed by atoms with Crippen LogP contribution in [0.15, 0.2) is 29.4 Å². The van der Waals surface area contributed by atoms with Gasteiger partial charge in [-0.2, -0.15) is 5.10 Å². The SMILES string of the molecule is O=C(N/N=C\c1ccccc1F)C(=O)N1CCCC1. The first-order chi connectivity index (χ1) is 9.18. The highest BCUT2D eigenvalue weighted by Crippen LogP contribution is 2.07. The summed E-state index contributed by atoms with van der Waals surface area (Å²) in [5.74, 6) is -1.83. The number of carbonyl (C=O) groups excluding carboxylic acids is 2. The molecule has 5 nitrogen and oxygen atoms in total. The first-order valence-electron chi connectivity index (χ1n) is 6.05. The van der Waals surface area contributed by atoms with Crippen molar-refractivity contribution in [3.63, 3.8) is 0 Å². The van der Waals surface area contributed by atoms with Crippen molar-refractivity contribution in [3.05, 3.63) is 35.6 Å². The number of hydrazone groups is 1. The Kier molecular flexibility index (Phi) is 4.22. The largest absolute Gasteiger partial charge is 0.334 e. The van der Waals surface area contributed by atoms with Gasteiger partial charge in [0.1, 0.15) is 5.82 Å². The first-order valence-corrected chi connectivity index (χ1v) is 6.05. The van der Waals surface area contributed by atoms with E-state index in [1.165, 1.54) is 23.2 Å². The van der Waals surface area contributed by atoms with E-state index in [1.54, 1.807) is 12.1 Å². The summed E-state index contributed by atoms with van der Waals surface area (Å²) in [6.45, 7) is 1.20. The van der Waals surface area contributed by atoms with Gasteiger partial charge in [-0.05, 0) is 18.9 Å². The van der Waals surface area contributed by atoms with Gasteiger partial charge in [-0.3, -0.25) is 9.59 Å². The molecule has 100 valence electrons. The fraction of sp³-hybridized carbons (Fsp3) is 0.308. The molecule has 1 aliphatic heterocycles. The van der Waals surface area contributed by atoms with Gasteiger partial charge in [0.05, 0.1) is 6.21 Å². The topological polar surface area (TPSA) is 61.8 Å². The number of nitrogens with one attached hydrogen (secondary N) is 1. The second-order valence-corrected chi connectivity index (χ2v) is 4.22. The molecule has 6 heteroatoms. The number of hydrogen-bond donors (Lipinski definition) is 1. The van der Waals surface area contributed by atoms with Gasteiger partial charge in [0.2, 0.25) is 0 Å². The van der Waals surface area contributed by atoms with Crippen LogP contribution >= 0.6 is 0 Å². The Morgan fingerprint density at radius 3 is 2.63 bits per heavy atom. The maximum Gasteiger partial charge on any atom is 0.329 e. The molecule has 0 spiro atoms. The summed E-state index contributed by atoms with van der Waals surface area (Å²) in [6, 6.07) is 6.02. The van der Waals surface area contributed by atoms with Crippen molar-refractivity contribution < 1.29 is 14.0 Å². The molecule has 2 rings (SSSR count). The maximum absolute atomic E-state index is 13.2. The van der Waals surface area contributed by atoms with Gasteiger partial charge in [0.15, 0.2) is 0 Å². The highest BCUT2D eigenvalue weighted by Gasteiger charge is 2.23. The Bertz CT molecular complexity index is 510. The summed E-state index contributed by atoms with van der Waals surface area (Å²) >= 11 is 0. The number of hydrogen-bond acceptors (Lipinski definition) is 3. The zero-order chi connectivity index (χ0) is 13.7. The maximum atomic E-state index is 13.2. The second kappa shape index (κ2) is 6.08. The van der Waals surface area contributed by atoms with Gasteiger partial charge in [0.25, 0.3) is 0 Å². The van der Waals surface area contributed by atoms with Crippen LogP contribution in [0.25, 0.3) is 0 Å². The van der Waals surface area contributed by atoms with Crippen molar-refractivity contribution in [3.8, 4) is 0 Å². The van der Waals surface area contributed by atoms with E-state index in [2.05, 4.69) is 10.5 Å². The standard InChI is InChI=1S/C13H14FN3O2/c14-11-6-2-1-5-10(11)9-15-16-12(18)13(19)17-7-3-4-8-17/h1-2,5-6,9H,3-4,7-8H2,(H,16,18)/b15-9-. The van der Waals surface area contributed by atoms with Crippen LogP contribution in [0, 0.1) is 5.82 Å². The summed E-state index contributed by atoms with van der Waals surface area (Å²) in [5, 5.41) is 3.58. The van der Waals surface area contributed by atoms with E-state index < -0.39 is 17.6 Å². The highest BCUT2D eigenvalue weighted by molar-refractivity contribution is 6.35. The third-order valence-corrected chi connectivity index (χ3v) is 2.86. The average molecular weight is 263 g/mol. The van der Waals surface area contributed by atoms with Crippen molar-refractivity contribution in [1.82, 2.24) is 10.3 Å².